The van der Waals surface area contributed by atoms with Crippen LogP contribution in [-0.4, -0.2) is 45.8 Å². The molecule has 1 heterocycles. The number of rotatable bonds is 4. The molecule has 1 atom stereocenters. The van der Waals surface area contributed by atoms with E-state index in [9.17, 15) is 8.42 Å². The quantitative estimate of drug-likeness (QED) is 0.921. The van der Waals surface area contributed by atoms with Crippen molar-refractivity contribution in [1.29, 1.82) is 0 Å². The normalized spacial score (nSPS) is 19.9. The Bertz CT molecular complexity index is 531. The summed E-state index contributed by atoms with van der Waals surface area (Å²) in [7, 11) is -0.948. The van der Waals surface area contributed by atoms with Gasteiger partial charge in [-0.15, -0.1) is 0 Å². The summed E-state index contributed by atoms with van der Waals surface area (Å²) >= 11 is 0. The molecule has 1 aliphatic heterocycles. The molecule has 1 saturated heterocycles. The molecule has 0 bridgehead atoms. The first-order valence-electron chi connectivity index (χ1n) is 7.11. The fourth-order valence-electron chi connectivity index (χ4n) is 2.63. The Morgan fingerprint density at radius 3 is 2.25 bits per heavy atom. The van der Waals surface area contributed by atoms with Crippen molar-refractivity contribution in [2.24, 2.45) is 0 Å². The molecule has 0 amide bonds. The number of hydrogen-bond acceptors (Lipinski definition) is 4. The molecule has 1 fully saturated rings. The van der Waals surface area contributed by atoms with Crippen molar-refractivity contribution in [3.8, 4) is 0 Å². The molecule has 5 heteroatoms. The lowest BCUT2D eigenvalue weighted by Gasteiger charge is -2.31. The average molecular weight is 296 g/mol. The minimum Gasteiger partial charge on any atom is -0.307 e. The van der Waals surface area contributed by atoms with Gasteiger partial charge in [0.2, 0.25) is 0 Å². The van der Waals surface area contributed by atoms with Gasteiger partial charge in [0.1, 0.15) is 0 Å². The van der Waals surface area contributed by atoms with E-state index in [-0.39, 0.29) is 6.04 Å². The van der Waals surface area contributed by atoms with Gasteiger partial charge >= 0.3 is 0 Å². The highest BCUT2D eigenvalue weighted by Gasteiger charge is 2.19. The second-order valence-electron chi connectivity index (χ2n) is 5.81. The molecule has 1 aromatic carbocycles. The topological polar surface area (TPSA) is 49.4 Å². The summed E-state index contributed by atoms with van der Waals surface area (Å²) in [6.45, 7) is 4.41. The minimum absolute atomic E-state index is 0.247. The Morgan fingerprint density at radius 2 is 1.75 bits per heavy atom. The number of nitrogens with zero attached hydrogens (tertiary/aromatic N) is 1. The molecule has 1 aliphatic rings. The van der Waals surface area contributed by atoms with E-state index in [1.165, 1.54) is 19.1 Å². The van der Waals surface area contributed by atoms with Gasteiger partial charge in [0, 0.05) is 18.3 Å². The Morgan fingerprint density at radius 1 is 1.20 bits per heavy atom. The second kappa shape index (κ2) is 6.24. The summed E-state index contributed by atoms with van der Waals surface area (Å²) < 4.78 is 22.9. The summed E-state index contributed by atoms with van der Waals surface area (Å²) in [6.07, 6.45) is 3.58. The van der Waals surface area contributed by atoms with Crippen LogP contribution in [0.4, 0.5) is 0 Å². The molecule has 112 valence electrons. The maximum Gasteiger partial charge on any atom is 0.175 e. The Labute approximate surface area is 122 Å². The fourth-order valence-corrected chi connectivity index (χ4v) is 3.26. The van der Waals surface area contributed by atoms with Gasteiger partial charge in [-0.05, 0) is 57.6 Å². The van der Waals surface area contributed by atoms with Crippen LogP contribution in [-0.2, 0) is 9.84 Å². The van der Waals surface area contributed by atoms with E-state index in [1.54, 1.807) is 12.1 Å². The molecular formula is C15H24N2O2S. The molecule has 2 rings (SSSR count). The fraction of sp³-hybridized carbons (Fsp3) is 0.600. The second-order valence-corrected chi connectivity index (χ2v) is 7.82. The first kappa shape index (κ1) is 15.5. The van der Waals surface area contributed by atoms with Crippen molar-refractivity contribution in [1.82, 2.24) is 10.2 Å². The molecular weight excluding hydrogens is 272 g/mol. The van der Waals surface area contributed by atoms with E-state index in [4.69, 9.17) is 0 Å². The van der Waals surface area contributed by atoms with Gasteiger partial charge in [-0.1, -0.05) is 12.1 Å². The van der Waals surface area contributed by atoms with Crippen LogP contribution in [0.15, 0.2) is 29.2 Å². The van der Waals surface area contributed by atoms with E-state index in [0.29, 0.717) is 10.9 Å². The van der Waals surface area contributed by atoms with Crippen LogP contribution in [0.25, 0.3) is 0 Å². The smallest absolute Gasteiger partial charge is 0.175 e. The van der Waals surface area contributed by atoms with E-state index < -0.39 is 9.84 Å². The van der Waals surface area contributed by atoms with Crippen molar-refractivity contribution >= 4 is 9.84 Å². The zero-order valence-corrected chi connectivity index (χ0v) is 13.3. The van der Waals surface area contributed by atoms with Gasteiger partial charge in [-0.25, -0.2) is 8.42 Å². The van der Waals surface area contributed by atoms with Gasteiger partial charge in [0.15, 0.2) is 9.84 Å². The predicted octanol–water partition coefficient (Wildman–Crippen LogP) is 1.83. The van der Waals surface area contributed by atoms with Gasteiger partial charge in [-0.2, -0.15) is 0 Å². The highest BCUT2D eigenvalue weighted by Crippen LogP contribution is 2.19. The standard InChI is InChI=1S/C15H24N2O2S/c1-12(16-14-8-10-17(2)11-9-14)13-4-6-15(7-5-13)20(3,18)19/h4-7,12,14,16H,8-11H2,1-3H3. The van der Waals surface area contributed by atoms with Crippen LogP contribution in [0.1, 0.15) is 31.4 Å². The van der Waals surface area contributed by atoms with Crippen molar-refractivity contribution < 1.29 is 8.42 Å². The highest BCUT2D eigenvalue weighted by atomic mass is 32.2. The summed E-state index contributed by atoms with van der Waals surface area (Å²) in [4.78, 5) is 2.73. The molecule has 4 nitrogen and oxygen atoms in total. The minimum atomic E-state index is -3.10. The van der Waals surface area contributed by atoms with Crippen LogP contribution < -0.4 is 5.32 Å². The molecule has 1 aromatic rings. The van der Waals surface area contributed by atoms with Crippen molar-refractivity contribution in [2.45, 2.75) is 36.7 Å². The SMILES string of the molecule is CC(NC1CCN(C)CC1)c1ccc(S(C)(=O)=O)cc1. The lowest BCUT2D eigenvalue weighted by molar-refractivity contribution is 0.226. The molecule has 20 heavy (non-hydrogen) atoms. The van der Waals surface area contributed by atoms with Crippen LogP contribution in [0.5, 0.6) is 0 Å². The maximum atomic E-state index is 11.4. The number of sulfone groups is 1. The van der Waals surface area contributed by atoms with Crippen LogP contribution in [0.3, 0.4) is 0 Å². The highest BCUT2D eigenvalue weighted by molar-refractivity contribution is 7.90. The molecule has 0 saturated carbocycles. The summed E-state index contributed by atoms with van der Waals surface area (Å²) in [6, 6.07) is 7.99. The number of nitrogens with one attached hydrogen (secondary N) is 1. The Balaban J connectivity index is 1.97. The van der Waals surface area contributed by atoms with Crippen LogP contribution in [0, 0.1) is 0 Å². The van der Waals surface area contributed by atoms with Crippen molar-refractivity contribution in [3.63, 3.8) is 0 Å². The van der Waals surface area contributed by atoms with Crippen molar-refractivity contribution in [3.05, 3.63) is 29.8 Å². The predicted molar refractivity (Wildman–Crippen MR) is 81.6 cm³/mol. The summed E-state index contributed by atoms with van der Waals surface area (Å²) in [5, 5.41) is 3.64. The molecule has 1 unspecified atom stereocenters. The number of likely N-dealkylation sites (tertiary alicyclic amines) is 1. The van der Waals surface area contributed by atoms with E-state index in [0.717, 1.165) is 18.7 Å². The zero-order chi connectivity index (χ0) is 14.8. The third kappa shape index (κ3) is 4.04. The Hall–Kier alpha value is -0.910. The summed E-state index contributed by atoms with van der Waals surface area (Å²) in [5.41, 5.74) is 1.14. The maximum absolute atomic E-state index is 11.4. The van der Waals surface area contributed by atoms with Gasteiger partial charge in [0.25, 0.3) is 0 Å². The van der Waals surface area contributed by atoms with E-state index >= 15 is 0 Å². The van der Waals surface area contributed by atoms with E-state index in [2.05, 4.69) is 24.2 Å². The van der Waals surface area contributed by atoms with Crippen LogP contribution in [0.2, 0.25) is 0 Å². The van der Waals surface area contributed by atoms with Gasteiger partial charge in [0.05, 0.1) is 4.90 Å². The van der Waals surface area contributed by atoms with Gasteiger partial charge < -0.3 is 10.2 Å². The first-order chi connectivity index (χ1) is 9.36. The number of piperidine rings is 1. The molecule has 0 radical (unpaired) electrons. The van der Waals surface area contributed by atoms with E-state index in [1.807, 2.05) is 12.1 Å². The molecule has 0 spiro atoms. The monoisotopic (exact) mass is 296 g/mol. The largest absolute Gasteiger partial charge is 0.307 e. The lowest BCUT2D eigenvalue weighted by atomic mass is 10.0. The summed E-state index contributed by atoms with van der Waals surface area (Å²) in [5.74, 6) is 0. The molecule has 0 aromatic heterocycles. The third-order valence-corrected chi connectivity index (χ3v) is 5.14. The van der Waals surface area contributed by atoms with Crippen LogP contribution >= 0.6 is 0 Å². The molecule has 1 N–H and O–H groups in total. The average Bonchev–Trinajstić information content (AvgIpc) is 2.40. The lowest BCUT2D eigenvalue weighted by Crippen LogP contribution is -2.41. The Kier molecular flexibility index (Phi) is 4.83. The first-order valence-corrected chi connectivity index (χ1v) is 9.00. The number of hydrogen-bond donors (Lipinski definition) is 1. The number of benzene rings is 1. The zero-order valence-electron chi connectivity index (χ0n) is 12.5. The van der Waals surface area contributed by atoms with Gasteiger partial charge in [-0.3, -0.25) is 0 Å². The van der Waals surface area contributed by atoms with Crippen molar-refractivity contribution in [2.75, 3.05) is 26.4 Å². The third-order valence-electron chi connectivity index (χ3n) is 4.01. The molecule has 0 aliphatic carbocycles.